The number of unbranched alkanes of at least 4 members (excludes halogenated alkanes) is 35. The SMILES string of the molecule is CC/C=C\C/C=C\C/C=C\C/C=C\CCCCCCCCC(=O)OCC(COP(=O)(O)OCC(O)COP(=O)(O)OCC(COC(=O)CCCCCCC/C=C\CCCCCCCC)OC(=O)CCCCCCCCCCCCCCC)OC(=O)CCCCCCCC/C=C\C/C=C\C/C=C\C/C=C\CC. The van der Waals surface area contributed by atoms with Gasteiger partial charge >= 0.3 is 39.5 Å². The summed E-state index contributed by atoms with van der Waals surface area (Å²) < 4.78 is 68.8. The van der Waals surface area contributed by atoms with Gasteiger partial charge in [-0.3, -0.25) is 37.3 Å². The molecule has 0 radical (unpaired) electrons. The molecule has 17 nitrogen and oxygen atoms in total. The van der Waals surface area contributed by atoms with Crippen LogP contribution in [0.3, 0.4) is 0 Å². The zero-order valence-electron chi connectivity index (χ0n) is 67.1. The topological polar surface area (TPSA) is 237 Å². The molecule has 5 unspecified atom stereocenters. The molecule has 0 aliphatic heterocycles. The summed E-state index contributed by atoms with van der Waals surface area (Å²) in [4.78, 5) is 73.2. The molecule has 3 N–H and O–H groups in total. The molecule has 0 aromatic carbocycles. The van der Waals surface area contributed by atoms with Crippen LogP contribution in [0.1, 0.15) is 362 Å². The van der Waals surface area contributed by atoms with Gasteiger partial charge in [0.2, 0.25) is 0 Å². The van der Waals surface area contributed by atoms with E-state index in [9.17, 15) is 43.2 Å². The smallest absolute Gasteiger partial charge is 0.462 e. The normalized spacial score (nSPS) is 14.4. The number of allylic oxidation sites excluding steroid dienone is 18. The lowest BCUT2D eigenvalue weighted by Gasteiger charge is -2.21. The van der Waals surface area contributed by atoms with Crippen LogP contribution in [0.5, 0.6) is 0 Å². The van der Waals surface area contributed by atoms with Gasteiger partial charge in [-0.15, -0.1) is 0 Å². The van der Waals surface area contributed by atoms with Crippen LogP contribution in [0.25, 0.3) is 0 Å². The summed E-state index contributed by atoms with van der Waals surface area (Å²) in [6.45, 7) is 4.66. The number of phosphoric ester groups is 2. The number of rotatable bonds is 79. The Balaban J connectivity index is 5.38. The Hall–Kier alpha value is -4.28. The van der Waals surface area contributed by atoms with Gasteiger partial charge in [0.1, 0.15) is 19.3 Å². The lowest BCUT2D eigenvalue weighted by Crippen LogP contribution is -2.30. The highest BCUT2D eigenvalue weighted by Crippen LogP contribution is 2.45. The summed E-state index contributed by atoms with van der Waals surface area (Å²) in [6.07, 6.45) is 86.2. The lowest BCUT2D eigenvalue weighted by molar-refractivity contribution is -0.161. The van der Waals surface area contributed by atoms with E-state index in [2.05, 4.69) is 137 Å². The molecule has 0 fully saturated rings. The van der Waals surface area contributed by atoms with Gasteiger partial charge in [0.05, 0.1) is 26.4 Å². The Labute approximate surface area is 645 Å². The molecule has 0 bridgehead atoms. The fourth-order valence-electron chi connectivity index (χ4n) is 11.4. The molecule has 0 spiro atoms. The van der Waals surface area contributed by atoms with Crippen LogP contribution in [0.15, 0.2) is 109 Å². The van der Waals surface area contributed by atoms with Crippen molar-refractivity contribution in [2.24, 2.45) is 0 Å². The average Bonchev–Trinajstić information content (AvgIpc) is 0.903. The number of aliphatic hydroxyl groups excluding tert-OH is 1. The number of hydrogen-bond donors (Lipinski definition) is 3. The molecule has 612 valence electrons. The van der Waals surface area contributed by atoms with Crippen LogP contribution in [-0.4, -0.2) is 96.7 Å². The van der Waals surface area contributed by atoms with Gasteiger partial charge in [0.25, 0.3) is 0 Å². The molecule has 0 heterocycles. The number of aliphatic hydroxyl groups is 1. The second-order valence-corrected chi connectivity index (χ2v) is 30.9. The van der Waals surface area contributed by atoms with Crippen LogP contribution < -0.4 is 0 Å². The summed E-state index contributed by atoms with van der Waals surface area (Å²) in [6, 6.07) is 0. The summed E-state index contributed by atoms with van der Waals surface area (Å²) in [5, 5.41) is 10.7. The molecule has 106 heavy (non-hydrogen) atoms. The standard InChI is InChI=1S/C87H152O17P2/c1-5-9-13-17-21-25-29-33-36-38-40-42-45-49-52-56-60-64-68-72-85(90)98-78-83(104-87(92)74-70-66-62-58-54-50-46-43-41-39-37-34-30-26-22-18-14-10-6-2)80-102-106(95,96)100-76-81(88)75-99-105(93,94)101-79-82(103-86(91)73-69-65-61-57-53-47-32-28-24-20-16-12-8-4)77-97-84(89)71-67-63-59-55-51-48-44-35-31-27-23-19-15-11-7-3/h9-10,13-14,21-22,25-26,33-37,40-44,81-83,88H,5-8,11-12,15-20,23-24,27-32,38-39,45-80H2,1-4H3,(H,93,94)(H,95,96)/b13-9-,14-10-,25-21-,26-22-,36-33-,37-34-,42-40-,43-41-,44-35-. The van der Waals surface area contributed by atoms with Crippen molar-refractivity contribution >= 4 is 39.5 Å². The van der Waals surface area contributed by atoms with Crippen LogP contribution in [0, 0.1) is 0 Å². The Morgan fingerprint density at radius 1 is 0.274 bits per heavy atom. The number of hydrogen-bond acceptors (Lipinski definition) is 15. The Morgan fingerprint density at radius 2 is 0.491 bits per heavy atom. The van der Waals surface area contributed by atoms with Gasteiger partial charge in [-0.25, -0.2) is 9.13 Å². The Bertz CT molecular complexity index is 2430. The molecule has 0 aromatic heterocycles. The van der Waals surface area contributed by atoms with Gasteiger partial charge in [-0.05, 0) is 128 Å². The number of carbonyl (C=O) groups excluding carboxylic acids is 4. The highest BCUT2D eigenvalue weighted by molar-refractivity contribution is 7.47. The molecule has 0 saturated heterocycles. The maximum absolute atomic E-state index is 13.1. The van der Waals surface area contributed by atoms with Crippen molar-refractivity contribution in [2.45, 2.75) is 380 Å². The molecule has 0 amide bonds. The van der Waals surface area contributed by atoms with Crippen molar-refractivity contribution in [3.63, 3.8) is 0 Å². The van der Waals surface area contributed by atoms with E-state index in [-0.39, 0.29) is 25.7 Å². The number of phosphoric acid groups is 2. The summed E-state index contributed by atoms with van der Waals surface area (Å²) in [5.41, 5.74) is 0. The molecule has 0 aromatic rings. The van der Waals surface area contributed by atoms with Gasteiger partial charge in [-0.1, -0.05) is 317 Å². The number of esters is 4. The second kappa shape index (κ2) is 78.8. The van der Waals surface area contributed by atoms with Crippen molar-refractivity contribution < 1.29 is 80.2 Å². The fourth-order valence-corrected chi connectivity index (χ4v) is 13.0. The predicted octanol–water partition coefficient (Wildman–Crippen LogP) is 24.9. The largest absolute Gasteiger partial charge is 0.472 e. The molecule has 0 aliphatic rings. The monoisotopic (exact) mass is 1530 g/mol. The quantitative estimate of drug-likeness (QED) is 0.0169. The second-order valence-electron chi connectivity index (χ2n) is 28.0. The van der Waals surface area contributed by atoms with E-state index in [1.807, 2.05) is 0 Å². The van der Waals surface area contributed by atoms with E-state index in [1.54, 1.807) is 0 Å². The molecule has 5 atom stereocenters. The third-order valence-electron chi connectivity index (χ3n) is 17.7. The molecule has 0 aliphatic carbocycles. The Kier molecular flexibility index (Phi) is 75.6. The Morgan fingerprint density at radius 3 is 0.764 bits per heavy atom. The molecular formula is C87H152O17P2. The first-order valence-corrected chi connectivity index (χ1v) is 45.1. The van der Waals surface area contributed by atoms with Crippen LogP contribution in [0.2, 0.25) is 0 Å². The van der Waals surface area contributed by atoms with Crippen molar-refractivity contribution in [3.05, 3.63) is 109 Å². The minimum absolute atomic E-state index is 0.0742. The first kappa shape index (κ1) is 102. The summed E-state index contributed by atoms with van der Waals surface area (Å²) in [7, 11) is -9.97. The average molecular weight is 1530 g/mol. The zero-order valence-corrected chi connectivity index (χ0v) is 68.9. The van der Waals surface area contributed by atoms with E-state index < -0.39 is 97.5 Å². The minimum Gasteiger partial charge on any atom is -0.462 e. The van der Waals surface area contributed by atoms with Crippen LogP contribution in [-0.2, 0) is 65.4 Å². The minimum atomic E-state index is -4.99. The molecular weight excluding hydrogens is 1380 g/mol. The number of carbonyl (C=O) groups is 4. The third-order valence-corrected chi connectivity index (χ3v) is 19.6. The molecule has 19 heteroatoms. The van der Waals surface area contributed by atoms with E-state index in [1.165, 1.54) is 89.9 Å². The van der Waals surface area contributed by atoms with E-state index in [0.29, 0.717) is 25.7 Å². The van der Waals surface area contributed by atoms with Crippen molar-refractivity contribution in [1.29, 1.82) is 0 Å². The van der Waals surface area contributed by atoms with Crippen molar-refractivity contribution in [2.75, 3.05) is 39.6 Å². The van der Waals surface area contributed by atoms with Crippen LogP contribution in [0.4, 0.5) is 0 Å². The van der Waals surface area contributed by atoms with Crippen molar-refractivity contribution in [3.8, 4) is 0 Å². The van der Waals surface area contributed by atoms with Crippen molar-refractivity contribution in [1.82, 2.24) is 0 Å². The zero-order chi connectivity index (χ0) is 77.4. The number of ether oxygens (including phenoxy) is 4. The maximum atomic E-state index is 13.1. The molecule has 0 rings (SSSR count). The summed E-state index contributed by atoms with van der Waals surface area (Å²) >= 11 is 0. The third kappa shape index (κ3) is 77.9. The fraction of sp³-hybridized carbons (Fsp3) is 0.747. The predicted molar refractivity (Wildman–Crippen MR) is 436 cm³/mol. The van der Waals surface area contributed by atoms with E-state index >= 15 is 0 Å². The lowest BCUT2D eigenvalue weighted by atomic mass is 10.0. The van der Waals surface area contributed by atoms with Crippen LogP contribution >= 0.6 is 15.6 Å². The maximum Gasteiger partial charge on any atom is 0.472 e. The van der Waals surface area contributed by atoms with Gasteiger partial charge in [-0.2, -0.15) is 0 Å². The molecule has 0 saturated carbocycles. The van der Waals surface area contributed by atoms with Gasteiger partial charge in [0, 0.05) is 25.7 Å². The van der Waals surface area contributed by atoms with Gasteiger partial charge in [0.15, 0.2) is 12.2 Å². The first-order chi connectivity index (χ1) is 51.7. The van der Waals surface area contributed by atoms with E-state index in [0.717, 1.165) is 193 Å². The highest BCUT2D eigenvalue weighted by Gasteiger charge is 2.30. The van der Waals surface area contributed by atoms with E-state index in [4.69, 9.17) is 37.0 Å². The first-order valence-electron chi connectivity index (χ1n) is 42.1. The summed E-state index contributed by atoms with van der Waals surface area (Å²) in [5.74, 6) is -2.19. The highest BCUT2D eigenvalue weighted by atomic mass is 31.2. The van der Waals surface area contributed by atoms with Gasteiger partial charge < -0.3 is 33.8 Å².